The van der Waals surface area contributed by atoms with Crippen LogP contribution in [0.1, 0.15) is 41.2 Å². The molecular weight excluding hydrogens is 238 g/mol. The zero-order valence-corrected chi connectivity index (χ0v) is 11.1. The van der Waals surface area contributed by atoms with Crippen molar-refractivity contribution in [1.29, 1.82) is 0 Å². The third kappa shape index (κ3) is 3.30. The average Bonchev–Trinajstić information content (AvgIpc) is 2.65. The Morgan fingerprint density at radius 3 is 2.53 bits per heavy atom. The largest absolute Gasteiger partial charge is 0.480 e. The van der Waals surface area contributed by atoms with Crippen molar-refractivity contribution >= 4 is 23.2 Å². The predicted octanol–water partition coefficient (Wildman–Crippen LogP) is 2.43. The number of nitrogens with one attached hydrogen (secondary N) is 1. The van der Waals surface area contributed by atoms with Crippen LogP contribution in [0, 0.1) is 6.92 Å². The van der Waals surface area contributed by atoms with Gasteiger partial charge in [0.2, 0.25) is 0 Å². The average molecular weight is 255 g/mol. The van der Waals surface area contributed by atoms with Gasteiger partial charge in [-0.1, -0.05) is 13.3 Å². The number of carbonyl (C=O) groups is 2. The van der Waals surface area contributed by atoms with Gasteiger partial charge in [0, 0.05) is 4.88 Å². The number of aliphatic carboxylic acids is 1. The van der Waals surface area contributed by atoms with Gasteiger partial charge in [-0.05, 0) is 32.4 Å². The number of hydrogen-bond donors (Lipinski definition) is 2. The van der Waals surface area contributed by atoms with Crippen molar-refractivity contribution in [2.45, 2.75) is 39.2 Å². The first-order valence-electron chi connectivity index (χ1n) is 5.51. The molecule has 0 fully saturated rings. The van der Waals surface area contributed by atoms with Gasteiger partial charge in [-0.3, -0.25) is 4.79 Å². The molecule has 5 heteroatoms. The second-order valence-corrected chi connectivity index (χ2v) is 5.54. The fraction of sp³-hybridized carbons (Fsp3) is 0.500. The highest BCUT2D eigenvalue weighted by molar-refractivity contribution is 7.13. The molecule has 1 unspecified atom stereocenters. The van der Waals surface area contributed by atoms with Crippen LogP contribution < -0.4 is 5.32 Å². The van der Waals surface area contributed by atoms with E-state index in [2.05, 4.69) is 5.32 Å². The van der Waals surface area contributed by atoms with Crippen molar-refractivity contribution in [2.24, 2.45) is 0 Å². The fourth-order valence-corrected chi connectivity index (χ4v) is 2.35. The van der Waals surface area contributed by atoms with E-state index < -0.39 is 11.5 Å². The highest BCUT2D eigenvalue weighted by Crippen LogP contribution is 2.18. The quantitative estimate of drug-likeness (QED) is 0.849. The molecule has 94 valence electrons. The Labute approximate surface area is 105 Å². The highest BCUT2D eigenvalue weighted by Gasteiger charge is 2.34. The molecule has 1 heterocycles. The summed E-state index contributed by atoms with van der Waals surface area (Å²) >= 11 is 1.36. The van der Waals surface area contributed by atoms with Crippen molar-refractivity contribution in [3.63, 3.8) is 0 Å². The van der Waals surface area contributed by atoms with Gasteiger partial charge in [0.05, 0.1) is 4.88 Å². The minimum absolute atomic E-state index is 0.318. The smallest absolute Gasteiger partial charge is 0.329 e. The van der Waals surface area contributed by atoms with Gasteiger partial charge in [-0.15, -0.1) is 11.3 Å². The van der Waals surface area contributed by atoms with Crippen LogP contribution in [0.3, 0.4) is 0 Å². The third-order valence-electron chi connectivity index (χ3n) is 2.58. The number of rotatable bonds is 5. The molecule has 4 nitrogen and oxygen atoms in total. The van der Waals surface area contributed by atoms with E-state index in [0.717, 1.165) is 4.88 Å². The lowest BCUT2D eigenvalue weighted by Gasteiger charge is -2.25. The molecule has 0 radical (unpaired) electrons. The van der Waals surface area contributed by atoms with Gasteiger partial charge in [0.25, 0.3) is 5.91 Å². The van der Waals surface area contributed by atoms with Crippen LogP contribution in [0.4, 0.5) is 0 Å². The van der Waals surface area contributed by atoms with Crippen molar-refractivity contribution in [3.05, 3.63) is 21.9 Å². The summed E-state index contributed by atoms with van der Waals surface area (Å²) in [4.78, 5) is 24.6. The van der Waals surface area contributed by atoms with E-state index in [1.165, 1.54) is 18.3 Å². The summed E-state index contributed by atoms with van der Waals surface area (Å²) in [6.45, 7) is 5.34. The normalized spacial score (nSPS) is 14.1. The minimum atomic E-state index is -1.19. The van der Waals surface area contributed by atoms with Crippen molar-refractivity contribution in [3.8, 4) is 0 Å². The highest BCUT2D eigenvalue weighted by atomic mass is 32.1. The number of hydrogen-bond acceptors (Lipinski definition) is 3. The minimum Gasteiger partial charge on any atom is -0.480 e. The Morgan fingerprint density at radius 2 is 2.12 bits per heavy atom. The topological polar surface area (TPSA) is 66.4 Å². The number of carboxylic acid groups (broad SMARTS) is 1. The van der Waals surface area contributed by atoms with E-state index in [9.17, 15) is 9.59 Å². The van der Waals surface area contributed by atoms with Crippen LogP contribution in [0.25, 0.3) is 0 Å². The second kappa shape index (κ2) is 5.31. The van der Waals surface area contributed by atoms with Gasteiger partial charge >= 0.3 is 5.97 Å². The Balaban J connectivity index is 2.81. The molecule has 1 amide bonds. The maximum Gasteiger partial charge on any atom is 0.329 e. The van der Waals surface area contributed by atoms with Gasteiger partial charge in [-0.25, -0.2) is 4.79 Å². The number of carboxylic acids is 1. The number of thiophene rings is 1. The lowest BCUT2D eigenvalue weighted by molar-refractivity contribution is -0.144. The molecule has 1 aromatic rings. The van der Waals surface area contributed by atoms with Crippen LogP contribution >= 0.6 is 11.3 Å². The Bertz CT molecular complexity index is 427. The van der Waals surface area contributed by atoms with E-state index in [1.807, 2.05) is 19.9 Å². The molecule has 1 rings (SSSR count). The van der Waals surface area contributed by atoms with E-state index >= 15 is 0 Å². The molecule has 0 aliphatic carbocycles. The Kier molecular flexibility index (Phi) is 4.28. The molecule has 0 aliphatic heterocycles. The van der Waals surface area contributed by atoms with Gasteiger partial charge in [0.15, 0.2) is 0 Å². The lowest BCUT2D eigenvalue weighted by Crippen LogP contribution is -2.51. The number of amides is 1. The molecule has 0 saturated heterocycles. The third-order valence-corrected chi connectivity index (χ3v) is 3.58. The zero-order chi connectivity index (χ0) is 13.1. The summed E-state index contributed by atoms with van der Waals surface area (Å²) < 4.78 is 0. The summed E-state index contributed by atoms with van der Waals surface area (Å²) in [5.41, 5.74) is -1.19. The lowest BCUT2D eigenvalue weighted by atomic mass is 9.96. The maximum atomic E-state index is 11.9. The molecular formula is C12H17NO3S. The van der Waals surface area contributed by atoms with Gasteiger partial charge in [-0.2, -0.15) is 0 Å². The molecule has 17 heavy (non-hydrogen) atoms. The number of aryl methyl sites for hydroxylation is 1. The predicted molar refractivity (Wildman–Crippen MR) is 67.5 cm³/mol. The fourth-order valence-electron chi connectivity index (χ4n) is 1.59. The molecule has 0 aromatic carbocycles. The van der Waals surface area contributed by atoms with Gasteiger partial charge in [0.1, 0.15) is 5.54 Å². The first-order valence-corrected chi connectivity index (χ1v) is 6.33. The molecule has 0 bridgehead atoms. The van der Waals surface area contributed by atoms with Crippen molar-refractivity contribution in [2.75, 3.05) is 0 Å². The van der Waals surface area contributed by atoms with Crippen molar-refractivity contribution in [1.82, 2.24) is 5.32 Å². The molecule has 1 aromatic heterocycles. The molecule has 1 atom stereocenters. The molecule has 0 spiro atoms. The Morgan fingerprint density at radius 1 is 1.47 bits per heavy atom. The van der Waals surface area contributed by atoms with Crippen LogP contribution in [0.2, 0.25) is 0 Å². The van der Waals surface area contributed by atoms with Gasteiger partial charge < -0.3 is 10.4 Å². The summed E-state index contributed by atoms with van der Waals surface area (Å²) in [5, 5.41) is 11.7. The number of carbonyl (C=O) groups excluding carboxylic acids is 1. The molecule has 2 N–H and O–H groups in total. The van der Waals surface area contributed by atoms with Crippen molar-refractivity contribution < 1.29 is 14.7 Å². The second-order valence-electron chi connectivity index (χ2n) is 4.25. The standard InChI is InChI=1S/C12H17NO3S/c1-4-7-12(3,11(15)16)13-10(14)9-6-5-8(2)17-9/h5-6H,4,7H2,1-3H3,(H,13,14)(H,15,16). The van der Waals surface area contributed by atoms with E-state index in [-0.39, 0.29) is 5.91 Å². The van der Waals surface area contributed by atoms with Crippen LogP contribution in [-0.2, 0) is 4.79 Å². The van der Waals surface area contributed by atoms with E-state index in [1.54, 1.807) is 6.07 Å². The maximum absolute atomic E-state index is 11.9. The summed E-state index contributed by atoms with van der Waals surface area (Å²) in [6.07, 6.45) is 1.12. The summed E-state index contributed by atoms with van der Waals surface area (Å²) in [5.74, 6) is -1.32. The monoisotopic (exact) mass is 255 g/mol. The van der Waals surface area contributed by atoms with E-state index in [0.29, 0.717) is 17.7 Å². The zero-order valence-electron chi connectivity index (χ0n) is 10.2. The summed E-state index contributed by atoms with van der Waals surface area (Å²) in [7, 11) is 0. The van der Waals surface area contributed by atoms with Crippen LogP contribution in [0.5, 0.6) is 0 Å². The Hall–Kier alpha value is -1.36. The first-order chi connectivity index (χ1) is 7.89. The SMILES string of the molecule is CCCC(C)(NC(=O)c1ccc(C)s1)C(=O)O. The van der Waals surface area contributed by atoms with Crippen LogP contribution in [-0.4, -0.2) is 22.5 Å². The molecule has 0 saturated carbocycles. The molecule has 0 aliphatic rings. The van der Waals surface area contributed by atoms with Crippen LogP contribution in [0.15, 0.2) is 12.1 Å². The summed E-state index contributed by atoms with van der Waals surface area (Å²) in [6, 6.07) is 3.56. The van der Waals surface area contributed by atoms with E-state index in [4.69, 9.17) is 5.11 Å². The first kappa shape index (κ1) is 13.7.